The van der Waals surface area contributed by atoms with Gasteiger partial charge in [0.15, 0.2) is 0 Å². The van der Waals surface area contributed by atoms with E-state index in [1.807, 2.05) is 7.05 Å². The summed E-state index contributed by atoms with van der Waals surface area (Å²) < 4.78 is 0. The molecule has 0 amide bonds. The van der Waals surface area contributed by atoms with Crippen LogP contribution in [0, 0.1) is 5.92 Å². The summed E-state index contributed by atoms with van der Waals surface area (Å²) in [5.74, 6) is 0.664. The number of carbonyl (C=O) groups excluding carboxylic acids is 1. The number of hydrogen-bond donors (Lipinski definition) is 1. The third-order valence-corrected chi connectivity index (χ3v) is 1.54. The number of carbonyl (C=O) groups is 1. The third-order valence-electron chi connectivity index (χ3n) is 1.54. The van der Waals surface area contributed by atoms with Gasteiger partial charge in [-0.3, -0.25) is 0 Å². The van der Waals surface area contributed by atoms with Crippen LogP contribution in [0.5, 0.6) is 0 Å². The Morgan fingerprint density at radius 2 is 2.10 bits per heavy atom. The van der Waals surface area contributed by atoms with Gasteiger partial charge in [-0.15, -0.1) is 0 Å². The van der Waals surface area contributed by atoms with E-state index in [1.54, 1.807) is 0 Å². The normalized spacial score (nSPS) is 13.6. The van der Waals surface area contributed by atoms with Crippen molar-refractivity contribution in [3.8, 4) is 0 Å². The molecule has 0 spiro atoms. The first-order valence-corrected chi connectivity index (χ1v) is 3.81. The van der Waals surface area contributed by atoms with Crippen molar-refractivity contribution in [3.63, 3.8) is 0 Å². The maximum absolute atomic E-state index is 10.1. The summed E-state index contributed by atoms with van der Waals surface area (Å²) >= 11 is 0. The summed E-state index contributed by atoms with van der Waals surface area (Å²) in [6.45, 7) is 4.32. The zero-order valence-electron chi connectivity index (χ0n) is 7.05. The number of hydrogen-bond acceptors (Lipinski definition) is 2. The molecule has 0 aromatic rings. The highest BCUT2D eigenvalue weighted by molar-refractivity contribution is 5.50. The molecule has 0 rings (SSSR count). The van der Waals surface area contributed by atoms with E-state index < -0.39 is 0 Å². The Bertz CT molecular complexity index is 91.3. The lowest BCUT2D eigenvalue weighted by Gasteiger charge is -2.14. The Kier molecular flexibility index (Phi) is 5.22. The standard InChI is InChI=1S/C8H17NO/c1-7(2)6-8(9-3)4-5-10/h5,7-9H,4,6H2,1-3H3. The molecule has 1 unspecified atom stereocenters. The highest BCUT2D eigenvalue weighted by atomic mass is 16.1. The van der Waals surface area contributed by atoms with Gasteiger partial charge in [0.05, 0.1) is 0 Å². The third kappa shape index (κ3) is 4.50. The Labute approximate surface area is 63.0 Å². The summed E-state index contributed by atoms with van der Waals surface area (Å²) in [7, 11) is 1.90. The Hall–Kier alpha value is -0.370. The average molecular weight is 143 g/mol. The van der Waals surface area contributed by atoms with Gasteiger partial charge in [-0.1, -0.05) is 13.8 Å². The minimum Gasteiger partial charge on any atom is -0.317 e. The smallest absolute Gasteiger partial charge is 0.121 e. The molecule has 60 valence electrons. The van der Waals surface area contributed by atoms with Crippen LogP contribution in [0.2, 0.25) is 0 Å². The lowest BCUT2D eigenvalue weighted by atomic mass is 10.0. The van der Waals surface area contributed by atoms with Crippen LogP contribution in [0.25, 0.3) is 0 Å². The van der Waals surface area contributed by atoms with Crippen LogP contribution in [-0.2, 0) is 4.79 Å². The van der Waals surface area contributed by atoms with Crippen LogP contribution in [0.4, 0.5) is 0 Å². The quantitative estimate of drug-likeness (QED) is 0.586. The molecular weight excluding hydrogens is 126 g/mol. The molecule has 0 aromatic carbocycles. The fraction of sp³-hybridized carbons (Fsp3) is 0.875. The van der Waals surface area contributed by atoms with E-state index in [0.717, 1.165) is 12.7 Å². The summed E-state index contributed by atoms with van der Waals surface area (Å²) in [6, 6.07) is 0.373. The number of nitrogens with one attached hydrogen (secondary N) is 1. The second-order valence-electron chi connectivity index (χ2n) is 3.02. The first kappa shape index (κ1) is 9.63. The minimum absolute atomic E-state index is 0.373. The molecule has 1 N–H and O–H groups in total. The molecule has 1 atom stereocenters. The Balaban J connectivity index is 3.48. The van der Waals surface area contributed by atoms with E-state index in [-0.39, 0.29) is 0 Å². The van der Waals surface area contributed by atoms with Crippen LogP contribution >= 0.6 is 0 Å². The first-order chi connectivity index (χ1) is 4.70. The number of aldehydes is 1. The average Bonchev–Trinajstić information content (AvgIpc) is 1.86. The molecule has 0 aliphatic rings. The maximum atomic E-state index is 10.1. The van der Waals surface area contributed by atoms with Crippen molar-refractivity contribution in [3.05, 3.63) is 0 Å². The van der Waals surface area contributed by atoms with Crippen molar-refractivity contribution in [1.82, 2.24) is 5.32 Å². The van der Waals surface area contributed by atoms with Crippen molar-refractivity contribution in [2.75, 3.05) is 7.05 Å². The van der Waals surface area contributed by atoms with Gasteiger partial charge < -0.3 is 10.1 Å². The van der Waals surface area contributed by atoms with E-state index in [0.29, 0.717) is 18.4 Å². The van der Waals surface area contributed by atoms with Crippen molar-refractivity contribution < 1.29 is 4.79 Å². The highest BCUT2D eigenvalue weighted by Gasteiger charge is 2.06. The van der Waals surface area contributed by atoms with Crippen LogP contribution in [-0.4, -0.2) is 19.4 Å². The lowest BCUT2D eigenvalue weighted by molar-refractivity contribution is -0.108. The molecule has 0 aromatic heterocycles. The van der Waals surface area contributed by atoms with E-state index >= 15 is 0 Å². The predicted molar refractivity (Wildman–Crippen MR) is 43.0 cm³/mol. The van der Waals surface area contributed by atoms with Crippen molar-refractivity contribution in [1.29, 1.82) is 0 Å². The minimum atomic E-state index is 0.373. The van der Waals surface area contributed by atoms with E-state index in [4.69, 9.17) is 0 Å². The van der Waals surface area contributed by atoms with Gasteiger partial charge in [0.2, 0.25) is 0 Å². The van der Waals surface area contributed by atoms with Crippen molar-refractivity contribution in [2.24, 2.45) is 5.92 Å². The summed E-state index contributed by atoms with van der Waals surface area (Å²) in [5.41, 5.74) is 0. The summed E-state index contributed by atoms with van der Waals surface area (Å²) in [6.07, 6.45) is 2.69. The molecule has 0 heterocycles. The SMILES string of the molecule is CNC(CC=O)CC(C)C. The van der Waals surface area contributed by atoms with Crippen LogP contribution in [0.3, 0.4) is 0 Å². The molecule has 0 bridgehead atoms. The summed E-state index contributed by atoms with van der Waals surface area (Å²) in [4.78, 5) is 10.1. The second kappa shape index (κ2) is 5.42. The van der Waals surface area contributed by atoms with Gasteiger partial charge in [0.25, 0.3) is 0 Å². The van der Waals surface area contributed by atoms with E-state index in [9.17, 15) is 4.79 Å². The van der Waals surface area contributed by atoms with Gasteiger partial charge >= 0.3 is 0 Å². The Morgan fingerprint density at radius 3 is 2.40 bits per heavy atom. The zero-order chi connectivity index (χ0) is 7.98. The molecule has 2 heteroatoms. The van der Waals surface area contributed by atoms with Gasteiger partial charge in [-0.05, 0) is 19.4 Å². The van der Waals surface area contributed by atoms with Gasteiger partial charge in [-0.25, -0.2) is 0 Å². The molecule has 10 heavy (non-hydrogen) atoms. The largest absolute Gasteiger partial charge is 0.317 e. The highest BCUT2D eigenvalue weighted by Crippen LogP contribution is 2.05. The van der Waals surface area contributed by atoms with Crippen molar-refractivity contribution >= 4 is 6.29 Å². The number of rotatable bonds is 5. The van der Waals surface area contributed by atoms with Gasteiger partial charge in [-0.2, -0.15) is 0 Å². The molecule has 0 radical (unpaired) electrons. The first-order valence-electron chi connectivity index (χ1n) is 3.81. The molecule has 0 aliphatic heterocycles. The van der Waals surface area contributed by atoms with E-state index in [2.05, 4.69) is 19.2 Å². The fourth-order valence-electron chi connectivity index (χ4n) is 1.02. The molecule has 0 saturated carbocycles. The van der Waals surface area contributed by atoms with E-state index in [1.165, 1.54) is 0 Å². The molecule has 0 aliphatic carbocycles. The zero-order valence-corrected chi connectivity index (χ0v) is 7.05. The van der Waals surface area contributed by atoms with Gasteiger partial charge in [0.1, 0.15) is 6.29 Å². The fourth-order valence-corrected chi connectivity index (χ4v) is 1.02. The van der Waals surface area contributed by atoms with Crippen LogP contribution in [0.15, 0.2) is 0 Å². The molecule has 2 nitrogen and oxygen atoms in total. The van der Waals surface area contributed by atoms with Crippen molar-refractivity contribution in [2.45, 2.75) is 32.7 Å². The summed E-state index contributed by atoms with van der Waals surface area (Å²) in [5, 5.41) is 3.10. The van der Waals surface area contributed by atoms with Crippen LogP contribution in [0.1, 0.15) is 26.7 Å². The lowest BCUT2D eigenvalue weighted by Crippen LogP contribution is -2.26. The maximum Gasteiger partial charge on any atom is 0.121 e. The predicted octanol–water partition coefficient (Wildman–Crippen LogP) is 1.21. The van der Waals surface area contributed by atoms with Crippen LogP contribution < -0.4 is 5.32 Å². The topological polar surface area (TPSA) is 29.1 Å². The second-order valence-corrected chi connectivity index (χ2v) is 3.02. The molecule has 0 saturated heterocycles. The molecule has 0 fully saturated rings. The Morgan fingerprint density at radius 1 is 1.50 bits per heavy atom. The molecular formula is C8H17NO. The monoisotopic (exact) mass is 143 g/mol. The van der Waals surface area contributed by atoms with Gasteiger partial charge in [0, 0.05) is 12.5 Å².